The van der Waals surface area contributed by atoms with Gasteiger partial charge >= 0.3 is 5.97 Å². The van der Waals surface area contributed by atoms with Gasteiger partial charge in [0.1, 0.15) is 5.75 Å². The Kier molecular flexibility index (Phi) is 3.57. The number of esters is 1. The summed E-state index contributed by atoms with van der Waals surface area (Å²) in [7, 11) is 1.42. The molecule has 18 heavy (non-hydrogen) atoms. The van der Waals surface area contributed by atoms with E-state index in [9.17, 15) is 4.79 Å². The number of carbonyl (C=O) groups excluding carboxylic acids is 1. The van der Waals surface area contributed by atoms with Gasteiger partial charge in [-0.25, -0.2) is 4.79 Å². The minimum absolute atomic E-state index is 0.0137. The maximum atomic E-state index is 12.3. The van der Waals surface area contributed by atoms with Gasteiger partial charge in [0.15, 0.2) is 5.54 Å². The summed E-state index contributed by atoms with van der Waals surface area (Å²) in [6, 6.07) is 7.62. The van der Waals surface area contributed by atoms with Crippen molar-refractivity contribution in [3.05, 3.63) is 29.8 Å². The van der Waals surface area contributed by atoms with Gasteiger partial charge in [-0.05, 0) is 12.6 Å². The summed E-state index contributed by atoms with van der Waals surface area (Å²) in [6.07, 6.45) is 0. The van der Waals surface area contributed by atoms with E-state index < -0.39 is 5.54 Å². The predicted octanol–water partition coefficient (Wildman–Crippen LogP) is 1.69. The monoisotopic (exact) mass is 249 g/mol. The molecule has 0 aliphatic carbocycles. The van der Waals surface area contributed by atoms with Crippen LogP contribution in [0, 0.1) is 5.92 Å². The lowest BCUT2D eigenvalue weighted by atomic mass is 9.77. The highest BCUT2D eigenvalue weighted by molar-refractivity contribution is 5.84. The predicted molar refractivity (Wildman–Crippen MR) is 68.5 cm³/mol. The van der Waals surface area contributed by atoms with Gasteiger partial charge in [0.25, 0.3) is 0 Å². The summed E-state index contributed by atoms with van der Waals surface area (Å²) in [4.78, 5) is 12.3. The van der Waals surface area contributed by atoms with Crippen LogP contribution >= 0.6 is 0 Å². The van der Waals surface area contributed by atoms with Crippen LogP contribution in [0.25, 0.3) is 0 Å². The normalized spacial score (nSPS) is 26.1. The fourth-order valence-electron chi connectivity index (χ4n) is 2.62. The number of carbonyl (C=O) groups is 1. The zero-order chi connectivity index (χ0) is 13.2. The van der Waals surface area contributed by atoms with Gasteiger partial charge < -0.3 is 9.47 Å². The number of methoxy groups -OCH3 is 1. The molecule has 1 aliphatic rings. The van der Waals surface area contributed by atoms with Gasteiger partial charge in [0.05, 0.1) is 13.7 Å². The summed E-state index contributed by atoms with van der Waals surface area (Å²) >= 11 is 0. The van der Waals surface area contributed by atoms with E-state index in [-0.39, 0.29) is 11.9 Å². The second kappa shape index (κ2) is 4.98. The van der Waals surface area contributed by atoms with Gasteiger partial charge in [-0.15, -0.1) is 0 Å². The molecule has 0 saturated carbocycles. The number of ether oxygens (including phenoxy) is 2. The third kappa shape index (κ3) is 1.77. The van der Waals surface area contributed by atoms with Gasteiger partial charge in [-0.2, -0.15) is 0 Å². The SMILES string of the molecule is CCNC1(C(=O)OC)c2ccccc2OCC1C. The van der Waals surface area contributed by atoms with Crippen LogP contribution in [0.3, 0.4) is 0 Å². The van der Waals surface area contributed by atoms with Crippen LogP contribution in [0.15, 0.2) is 24.3 Å². The summed E-state index contributed by atoms with van der Waals surface area (Å²) < 4.78 is 10.7. The Morgan fingerprint density at radius 2 is 2.28 bits per heavy atom. The van der Waals surface area contributed by atoms with E-state index >= 15 is 0 Å². The van der Waals surface area contributed by atoms with Crippen molar-refractivity contribution >= 4 is 5.97 Å². The average Bonchev–Trinajstić information content (AvgIpc) is 2.41. The molecule has 98 valence electrons. The third-order valence-corrected chi connectivity index (χ3v) is 3.50. The molecule has 2 atom stereocenters. The fourth-order valence-corrected chi connectivity index (χ4v) is 2.62. The fraction of sp³-hybridized carbons (Fsp3) is 0.500. The summed E-state index contributed by atoms with van der Waals surface area (Å²) in [5.74, 6) is 0.509. The number of rotatable bonds is 3. The van der Waals surface area contributed by atoms with Crippen LogP contribution in [0.1, 0.15) is 19.4 Å². The molecule has 4 heteroatoms. The van der Waals surface area contributed by atoms with Crippen molar-refractivity contribution < 1.29 is 14.3 Å². The molecular formula is C14H19NO3. The zero-order valence-corrected chi connectivity index (χ0v) is 11.0. The Labute approximate surface area is 107 Å². The van der Waals surface area contributed by atoms with E-state index in [1.54, 1.807) is 0 Å². The number of benzene rings is 1. The maximum absolute atomic E-state index is 12.3. The lowest BCUT2D eigenvalue weighted by molar-refractivity contribution is -0.153. The second-order valence-electron chi connectivity index (χ2n) is 4.54. The first-order valence-corrected chi connectivity index (χ1v) is 6.22. The molecule has 0 amide bonds. The minimum Gasteiger partial charge on any atom is -0.493 e. The Bertz CT molecular complexity index is 446. The van der Waals surface area contributed by atoms with Crippen LogP contribution in [0.5, 0.6) is 5.75 Å². The number of nitrogens with one attached hydrogen (secondary N) is 1. The first-order valence-electron chi connectivity index (χ1n) is 6.22. The summed E-state index contributed by atoms with van der Waals surface area (Å²) in [5, 5.41) is 3.30. The van der Waals surface area contributed by atoms with E-state index in [0.29, 0.717) is 13.2 Å². The second-order valence-corrected chi connectivity index (χ2v) is 4.54. The van der Waals surface area contributed by atoms with Crippen molar-refractivity contribution in [2.75, 3.05) is 20.3 Å². The molecule has 1 N–H and O–H groups in total. The number of fused-ring (bicyclic) bond motifs is 1. The first kappa shape index (κ1) is 12.9. The molecule has 1 heterocycles. The van der Waals surface area contributed by atoms with Crippen LogP contribution in [0.4, 0.5) is 0 Å². The Balaban J connectivity index is 2.59. The third-order valence-electron chi connectivity index (χ3n) is 3.50. The van der Waals surface area contributed by atoms with E-state index in [0.717, 1.165) is 11.3 Å². The molecule has 1 aromatic rings. The van der Waals surface area contributed by atoms with E-state index in [4.69, 9.17) is 9.47 Å². The molecule has 0 fully saturated rings. The molecule has 0 saturated heterocycles. The Morgan fingerprint density at radius 3 is 2.94 bits per heavy atom. The molecule has 2 unspecified atom stereocenters. The van der Waals surface area contributed by atoms with E-state index in [1.807, 2.05) is 38.1 Å². The summed E-state index contributed by atoms with van der Waals surface area (Å²) in [6.45, 7) is 5.16. The minimum atomic E-state index is -0.807. The average molecular weight is 249 g/mol. The standard InChI is InChI=1S/C14H19NO3/c1-4-15-14(13(16)17-3)10(2)9-18-12-8-6-5-7-11(12)14/h5-8,10,15H,4,9H2,1-3H3. The van der Waals surface area contributed by atoms with Crippen molar-refractivity contribution in [1.29, 1.82) is 0 Å². The van der Waals surface area contributed by atoms with Gasteiger partial charge in [0, 0.05) is 11.5 Å². The van der Waals surface area contributed by atoms with Crippen LogP contribution in [-0.2, 0) is 15.1 Å². The van der Waals surface area contributed by atoms with E-state index in [2.05, 4.69) is 5.32 Å². The lowest BCUT2D eigenvalue weighted by Gasteiger charge is -2.41. The molecule has 2 rings (SSSR count). The molecule has 0 aromatic heterocycles. The Hall–Kier alpha value is -1.55. The molecule has 1 aromatic carbocycles. The zero-order valence-electron chi connectivity index (χ0n) is 11.0. The Morgan fingerprint density at radius 1 is 1.56 bits per heavy atom. The quantitative estimate of drug-likeness (QED) is 0.828. The first-order chi connectivity index (χ1) is 8.66. The van der Waals surface area contributed by atoms with Gasteiger partial charge in [-0.1, -0.05) is 32.0 Å². The molecule has 0 bridgehead atoms. The van der Waals surface area contributed by atoms with Crippen LogP contribution < -0.4 is 10.1 Å². The number of hydrogen-bond acceptors (Lipinski definition) is 4. The van der Waals surface area contributed by atoms with Crippen LogP contribution in [-0.4, -0.2) is 26.2 Å². The van der Waals surface area contributed by atoms with Crippen molar-refractivity contribution in [3.63, 3.8) is 0 Å². The molecule has 4 nitrogen and oxygen atoms in total. The smallest absolute Gasteiger partial charge is 0.331 e. The molecule has 1 aliphatic heterocycles. The summed E-state index contributed by atoms with van der Waals surface area (Å²) in [5.41, 5.74) is 0.0516. The molecule has 0 radical (unpaired) electrons. The number of hydrogen-bond donors (Lipinski definition) is 1. The maximum Gasteiger partial charge on any atom is 0.331 e. The highest BCUT2D eigenvalue weighted by Gasteiger charge is 2.50. The molecule has 0 spiro atoms. The van der Waals surface area contributed by atoms with Gasteiger partial charge in [-0.3, -0.25) is 5.32 Å². The number of para-hydroxylation sites is 1. The highest BCUT2D eigenvalue weighted by Crippen LogP contribution is 2.41. The van der Waals surface area contributed by atoms with Crippen molar-refractivity contribution in [1.82, 2.24) is 5.32 Å². The van der Waals surface area contributed by atoms with Crippen molar-refractivity contribution in [3.8, 4) is 5.75 Å². The van der Waals surface area contributed by atoms with Crippen molar-refractivity contribution in [2.45, 2.75) is 19.4 Å². The highest BCUT2D eigenvalue weighted by atomic mass is 16.5. The van der Waals surface area contributed by atoms with Crippen LogP contribution in [0.2, 0.25) is 0 Å². The topological polar surface area (TPSA) is 47.6 Å². The van der Waals surface area contributed by atoms with Crippen molar-refractivity contribution in [2.24, 2.45) is 5.92 Å². The van der Waals surface area contributed by atoms with Gasteiger partial charge in [0.2, 0.25) is 0 Å². The lowest BCUT2D eigenvalue weighted by Crippen LogP contribution is -2.57. The largest absolute Gasteiger partial charge is 0.493 e. The molecular weight excluding hydrogens is 230 g/mol. The van der Waals surface area contributed by atoms with E-state index in [1.165, 1.54) is 7.11 Å². The number of likely N-dealkylation sites (N-methyl/N-ethyl adjacent to an activating group) is 1.